The maximum absolute atomic E-state index is 11.4. The predicted octanol–water partition coefficient (Wildman–Crippen LogP) is 2.38. The summed E-state index contributed by atoms with van der Waals surface area (Å²) in [5.74, 6) is 0.723. The molecule has 1 N–H and O–H groups in total. The van der Waals surface area contributed by atoms with Gasteiger partial charge in [-0.05, 0) is 25.1 Å². The van der Waals surface area contributed by atoms with Crippen molar-refractivity contribution in [1.82, 2.24) is 5.32 Å². The van der Waals surface area contributed by atoms with Gasteiger partial charge in [-0.1, -0.05) is 0 Å². The van der Waals surface area contributed by atoms with Crippen LogP contribution in [0.2, 0.25) is 0 Å². The van der Waals surface area contributed by atoms with Crippen molar-refractivity contribution >= 4 is 5.97 Å². The van der Waals surface area contributed by atoms with Gasteiger partial charge >= 0.3 is 5.97 Å². The van der Waals surface area contributed by atoms with E-state index in [2.05, 4.69) is 17.0 Å². The number of hydrogen-bond donors (Lipinski definition) is 1. The van der Waals surface area contributed by atoms with Crippen LogP contribution in [0.1, 0.15) is 28.8 Å². The topological polar surface area (TPSA) is 64.6 Å². The average molecular weight is 263 g/mol. The molecule has 5 nitrogen and oxygen atoms in total. The summed E-state index contributed by atoms with van der Waals surface area (Å²) in [5.41, 5.74) is 0.790. The lowest BCUT2D eigenvalue weighted by Crippen LogP contribution is -2.27. The Balaban J connectivity index is 1.88. The maximum Gasteiger partial charge on any atom is 0.374 e. The molecule has 2 aromatic rings. The molecule has 2 rings (SSSR count). The zero-order valence-electron chi connectivity index (χ0n) is 11.0. The van der Waals surface area contributed by atoms with Gasteiger partial charge in [-0.15, -0.1) is 0 Å². The second-order valence-corrected chi connectivity index (χ2v) is 4.33. The first-order valence-corrected chi connectivity index (χ1v) is 6.11. The third-order valence-corrected chi connectivity index (χ3v) is 2.85. The van der Waals surface area contributed by atoms with Crippen molar-refractivity contribution < 1.29 is 18.4 Å². The van der Waals surface area contributed by atoms with Crippen LogP contribution in [0, 0.1) is 0 Å². The van der Waals surface area contributed by atoms with Gasteiger partial charge < -0.3 is 18.9 Å². The highest BCUT2D eigenvalue weighted by Gasteiger charge is 2.16. The molecule has 2 aromatic heterocycles. The molecular formula is C14H17NO4. The Morgan fingerprint density at radius 1 is 1.37 bits per heavy atom. The van der Waals surface area contributed by atoms with Gasteiger partial charge in [0.25, 0.3) is 0 Å². The van der Waals surface area contributed by atoms with Gasteiger partial charge in [-0.25, -0.2) is 4.79 Å². The van der Waals surface area contributed by atoms with Crippen LogP contribution in [0.3, 0.4) is 0 Å². The van der Waals surface area contributed by atoms with Crippen molar-refractivity contribution in [2.45, 2.75) is 25.9 Å². The standard InChI is InChI=1S/C14H17NO4/c1-10(8-12-4-3-6-18-12)15-9-11-5-7-19-13(11)14(16)17-2/h3-7,10,15H,8-9H2,1-2H3. The molecular weight excluding hydrogens is 246 g/mol. The minimum atomic E-state index is -0.458. The third kappa shape index (κ3) is 3.48. The summed E-state index contributed by atoms with van der Waals surface area (Å²) in [4.78, 5) is 11.4. The minimum Gasteiger partial charge on any atom is -0.469 e. The van der Waals surface area contributed by atoms with Crippen LogP contribution < -0.4 is 5.32 Å². The van der Waals surface area contributed by atoms with Crippen LogP contribution in [0.5, 0.6) is 0 Å². The lowest BCUT2D eigenvalue weighted by molar-refractivity contribution is 0.0563. The molecule has 0 aromatic carbocycles. The van der Waals surface area contributed by atoms with Gasteiger partial charge in [0.05, 0.1) is 19.6 Å². The number of methoxy groups -OCH3 is 1. The molecule has 0 amide bonds. The first-order valence-electron chi connectivity index (χ1n) is 6.11. The molecule has 0 aliphatic carbocycles. The number of esters is 1. The summed E-state index contributed by atoms with van der Waals surface area (Å²) >= 11 is 0. The molecule has 19 heavy (non-hydrogen) atoms. The van der Waals surface area contributed by atoms with E-state index in [0.29, 0.717) is 6.54 Å². The van der Waals surface area contributed by atoms with Gasteiger partial charge in [0.2, 0.25) is 5.76 Å². The van der Waals surface area contributed by atoms with Crippen molar-refractivity contribution in [3.63, 3.8) is 0 Å². The van der Waals surface area contributed by atoms with Crippen molar-refractivity contribution in [2.75, 3.05) is 7.11 Å². The molecule has 0 fully saturated rings. The Morgan fingerprint density at radius 2 is 2.21 bits per heavy atom. The van der Waals surface area contributed by atoms with Crippen LogP contribution in [-0.2, 0) is 17.7 Å². The number of carbonyl (C=O) groups excluding carboxylic acids is 1. The fourth-order valence-corrected chi connectivity index (χ4v) is 1.83. The average Bonchev–Trinajstić information content (AvgIpc) is 3.06. The molecule has 0 saturated carbocycles. The van der Waals surface area contributed by atoms with Gasteiger partial charge in [0.1, 0.15) is 5.76 Å². The minimum absolute atomic E-state index is 0.228. The number of hydrogen-bond acceptors (Lipinski definition) is 5. The smallest absolute Gasteiger partial charge is 0.374 e. The van der Waals surface area contributed by atoms with Gasteiger partial charge in [-0.3, -0.25) is 0 Å². The van der Waals surface area contributed by atoms with Crippen molar-refractivity contribution in [3.05, 3.63) is 47.8 Å². The van der Waals surface area contributed by atoms with Gasteiger partial charge in [0.15, 0.2) is 0 Å². The molecule has 0 radical (unpaired) electrons. The van der Waals surface area contributed by atoms with Crippen LogP contribution in [-0.4, -0.2) is 19.1 Å². The van der Waals surface area contributed by atoms with Gasteiger partial charge in [0, 0.05) is 24.6 Å². The predicted molar refractivity (Wildman–Crippen MR) is 68.8 cm³/mol. The van der Waals surface area contributed by atoms with Crippen LogP contribution in [0.25, 0.3) is 0 Å². The fraction of sp³-hybridized carbons (Fsp3) is 0.357. The Kier molecular flexibility index (Phi) is 4.41. The molecule has 2 heterocycles. The number of ether oxygens (including phenoxy) is 1. The second-order valence-electron chi connectivity index (χ2n) is 4.33. The zero-order chi connectivity index (χ0) is 13.7. The number of rotatable bonds is 6. The van der Waals surface area contributed by atoms with E-state index in [1.54, 1.807) is 12.3 Å². The number of carbonyl (C=O) groups is 1. The van der Waals surface area contributed by atoms with E-state index in [1.807, 2.05) is 12.1 Å². The summed E-state index contributed by atoms with van der Waals surface area (Å²) in [6.45, 7) is 2.60. The third-order valence-electron chi connectivity index (χ3n) is 2.85. The van der Waals surface area contributed by atoms with E-state index in [4.69, 9.17) is 8.83 Å². The fourth-order valence-electron chi connectivity index (χ4n) is 1.83. The summed E-state index contributed by atoms with van der Waals surface area (Å²) in [5, 5.41) is 3.31. The first-order chi connectivity index (χ1) is 9.20. The molecule has 0 saturated heterocycles. The van der Waals surface area contributed by atoms with Crippen molar-refractivity contribution in [1.29, 1.82) is 0 Å². The summed E-state index contributed by atoms with van der Waals surface area (Å²) in [7, 11) is 1.33. The van der Waals surface area contributed by atoms with E-state index in [9.17, 15) is 4.79 Å². The van der Waals surface area contributed by atoms with E-state index in [0.717, 1.165) is 17.7 Å². The Bertz CT molecular complexity index is 515. The van der Waals surface area contributed by atoms with E-state index >= 15 is 0 Å². The molecule has 102 valence electrons. The SMILES string of the molecule is COC(=O)c1occc1CNC(C)Cc1ccco1. The van der Waals surface area contributed by atoms with Crippen LogP contribution in [0.15, 0.2) is 39.6 Å². The molecule has 5 heteroatoms. The second kappa shape index (κ2) is 6.24. The maximum atomic E-state index is 11.4. The molecule has 0 spiro atoms. The first kappa shape index (κ1) is 13.4. The Morgan fingerprint density at radius 3 is 2.89 bits per heavy atom. The summed E-state index contributed by atoms with van der Waals surface area (Å²) in [6.07, 6.45) is 3.94. The molecule has 1 atom stereocenters. The highest BCUT2D eigenvalue weighted by molar-refractivity contribution is 5.87. The zero-order valence-corrected chi connectivity index (χ0v) is 11.0. The quantitative estimate of drug-likeness (QED) is 0.811. The van der Waals surface area contributed by atoms with Crippen molar-refractivity contribution in [2.24, 2.45) is 0 Å². The lowest BCUT2D eigenvalue weighted by atomic mass is 10.1. The normalized spacial score (nSPS) is 12.3. The molecule has 0 aliphatic heterocycles. The molecule has 1 unspecified atom stereocenters. The highest BCUT2D eigenvalue weighted by atomic mass is 16.5. The largest absolute Gasteiger partial charge is 0.469 e. The number of nitrogens with one attached hydrogen (secondary N) is 1. The van der Waals surface area contributed by atoms with Crippen LogP contribution in [0.4, 0.5) is 0 Å². The van der Waals surface area contributed by atoms with Crippen LogP contribution >= 0.6 is 0 Å². The lowest BCUT2D eigenvalue weighted by Gasteiger charge is -2.11. The van der Waals surface area contributed by atoms with Gasteiger partial charge in [-0.2, -0.15) is 0 Å². The number of furan rings is 2. The van der Waals surface area contributed by atoms with Crippen molar-refractivity contribution in [3.8, 4) is 0 Å². The Labute approximate surface area is 111 Å². The Hall–Kier alpha value is -2.01. The highest BCUT2D eigenvalue weighted by Crippen LogP contribution is 2.12. The van der Waals surface area contributed by atoms with E-state index < -0.39 is 5.97 Å². The molecule has 0 aliphatic rings. The summed E-state index contributed by atoms with van der Waals surface area (Å²) < 4.78 is 15.1. The van der Waals surface area contributed by atoms with E-state index in [-0.39, 0.29) is 11.8 Å². The molecule has 0 bridgehead atoms. The van der Waals surface area contributed by atoms with E-state index in [1.165, 1.54) is 13.4 Å². The monoisotopic (exact) mass is 263 g/mol. The summed E-state index contributed by atoms with van der Waals surface area (Å²) in [6, 6.07) is 5.80.